The van der Waals surface area contributed by atoms with Gasteiger partial charge in [0, 0.05) is 13.1 Å². The maximum atomic E-state index is 12.4. The zero-order chi connectivity index (χ0) is 19.9. The molecule has 0 atom stereocenters. The second-order valence-corrected chi connectivity index (χ2v) is 6.50. The fourth-order valence-electron chi connectivity index (χ4n) is 2.85. The summed E-state index contributed by atoms with van der Waals surface area (Å²) >= 11 is 6.04. The molecule has 28 heavy (non-hydrogen) atoms. The second kappa shape index (κ2) is 9.43. The van der Waals surface area contributed by atoms with Gasteiger partial charge in [-0.05, 0) is 30.3 Å². The Hall–Kier alpha value is -2.77. The van der Waals surface area contributed by atoms with Crippen LogP contribution in [0.15, 0.2) is 42.5 Å². The van der Waals surface area contributed by atoms with Gasteiger partial charge in [-0.25, -0.2) is 4.79 Å². The van der Waals surface area contributed by atoms with Crippen molar-refractivity contribution in [3.05, 3.63) is 53.1 Å². The molecule has 0 spiro atoms. The molecule has 3 rings (SSSR count). The van der Waals surface area contributed by atoms with Crippen molar-refractivity contribution in [3.63, 3.8) is 0 Å². The molecule has 1 heterocycles. The van der Waals surface area contributed by atoms with E-state index in [1.807, 2.05) is 0 Å². The van der Waals surface area contributed by atoms with E-state index < -0.39 is 5.97 Å². The second-order valence-electron chi connectivity index (χ2n) is 6.09. The van der Waals surface area contributed by atoms with E-state index in [1.54, 1.807) is 42.5 Å². The lowest BCUT2D eigenvalue weighted by atomic mass is 10.1. The van der Waals surface area contributed by atoms with E-state index in [0.717, 1.165) is 5.69 Å². The van der Waals surface area contributed by atoms with E-state index in [1.165, 1.54) is 7.11 Å². The van der Waals surface area contributed by atoms with Crippen LogP contribution in [-0.4, -0.2) is 51.9 Å². The number of esters is 1. The summed E-state index contributed by atoms with van der Waals surface area (Å²) in [6, 6.07) is 12.0. The molecule has 0 unspecified atom stereocenters. The minimum absolute atomic E-state index is 0.214. The number of methoxy groups -OCH3 is 1. The number of anilines is 2. The molecular weight excluding hydrogens is 384 g/mol. The van der Waals surface area contributed by atoms with Crippen LogP contribution < -0.4 is 15.0 Å². The van der Waals surface area contributed by atoms with Crippen LogP contribution in [0.25, 0.3) is 0 Å². The van der Waals surface area contributed by atoms with E-state index in [0.29, 0.717) is 48.3 Å². The van der Waals surface area contributed by atoms with Crippen molar-refractivity contribution in [2.75, 3.05) is 50.2 Å². The number of carbonyl (C=O) groups is 2. The number of carbonyl (C=O) groups excluding carboxylic acids is 2. The van der Waals surface area contributed by atoms with Gasteiger partial charge in [0.2, 0.25) is 0 Å². The van der Waals surface area contributed by atoms with E-state index >= 15 is 0 Å². The molecule has 0 saturated carbocycles. The fourth-order valence-corrected chi connectivity index (χ4v) is 3.04. The Labute approximate surface area is 168 Å². The normalized spacial score (nSPS) is 13.7. The molecule has 2 aromatic carbocycles. The highest BCUT2D eigenvalue weighted by Gasteiger charge is 2.19. The monoisotopic (exact) mass is 404 g/mol. The topological polar surface area (TPSA) is 77.1 Å². The number of rotatable bonds is 6. The highest BCUT2D eigenvalue weighted by atomic mass is 35.5. The van der Waals surface area contributed by atoms with Gasteiger partial charge in [-0.2, -0.15) is 0 Å². The Morgan fingerprint density at radius 1 is 1.18 bits per heavy atom. The lowest BCUT2D eigenvalue weighted by Gasteiger charge is -2.30. The first-order chi connectivity index (χ1) is 13.6. The first-order valence-corrected chi connectivity index (χ1v) is 9.18. The zero-order valence-corrected chi connectivity index (χ0v) is 16.2. The Morgan fingerprint density at radius 2 is 1.93 bits per heavy atom. The van der Waals surface area contributed by atoms with Crippen LogP contribution in [0.4, 0.5) is 11.4 Å². The van der Waals surface area contributed by atoms with Gasteiger partial charge in [0.1, 0.15) is 5.75 Å². The number of hydrogen-bond acceptors (Lipinski definition) is 6. The quantitative estimate of drug-likeness (QED) is 0.746. The number of nitrogens with zero attached hydrogens (tertiary/aromatic N) is 1. The van der Waals surface area contributed by atoms with Crippen molar-refractivity contribution < 1.29 is 23.8 Å². The molecule has 2 aromatic rings. The third-order valence-electron chi connectivity index (χ3n) is 4.24. The van der Waals surface area contributed by atoms with Crippen molar-refractivity contribution in [2.45, 2.75) is 0 Å². The smallest absolute Gasteiger partial charge is 0.337 e. The largest absolute Gasteiger partial charge is 0.482 e. The third kappa shape index (κ3) is 4.94. The number of amides is 1. The summed E-state index contributed by atoms with van der Waals surface area (Å²) in [5, 5.41) is 3.25. The first kappa shape index (κ1) is 20.0. The minimum Gasteiger partial charge on any atom is -0.482 e. The fraction of sp³-hybridized carbons (Fsp3) is 0.300. The van der Waals surface area contributed by atoms with Crippen molar-refractivity contribution in [1.29, 1.82) is 0 Å². The molecule has 1 aliphatic rings. The standard InChI is InChI=1S/C20H21ClN2O5/c1-26-20(25)14-6-7-17(23-8-10-27-11-9-23)16(12-14)22-19(24)13-28-18-5-3-2-4-15(18)21/h2-7,12H,8-11,13H2,1H3,(H,22,24). The van der Waals surface area contributed by atoms with Crippen molar-refractivity contribution >= 4 is 34.9 Å². The molecule has 8 heteroatoms. The molecule has 0 bridgehead atoms. The maximum absolute atomic E-state index is 12.4. The Bertz CT molecular complexity index is 852. The predicted octanol–water partition coefficient (Wildman–Crippen LogP) is 2.98. The predicted molar refractivity (Wildman–Crippen MR) is 106 cm³/mol. The summed E-state index contributed by atoms with van der Waals surface area (Å²) in [6.07, 6.45) is 0. The Morgan fingerprint density at radius 3 is 2.64 bits per heavy atom. The van der Waals surface area contributed by atoms with Crippen LogP contribution in [0.3, 0.4) is 0 Å². The number of hydrogen-bond donors (Lipinski definition) is 1. The Balaban J connectivity index is 1.76. The van der Waals surface area contributed by atoms with Gasteiger partial charge < -0.3 is 24.4 Å². The highest BCUT2D eigenvalue weighted by Crippen LogP contribution is 2.29. The van der Waals surface area contributed by atoms with Crippen LogP contribution in [0.5, 0.6) is 5.75 Å². The van der Waals surface area contributed by atoms with Crippen LogP contribution in [0.2, 0.25) is 5.02 Å². The van der Waals surface area contributed by atoms with Gasteiger partial charge in [0.15, 0.2) is 6.61 Å². The summed E-state index contributed by atoms with van der Waals surface area (Å²) in [7, 11) is 1.31. The van der Waals surface area contributed by atoms with Gasteiger partial charge in [0.25, 0.3) is 5.91 Å². The molecule has 0 aliphatic carbocycles. The van der Waals surface area contributed by atoms with Crippen molar-refractivity contribution in [2.24, 2.45) is 0 Å². The summed E-state index contributed by atoms with van der Waals surface area (Å²) in [4.78, 5) is 26.4. The van der Waals surface area contributed by atoms with E-state index in [4.69, 9.17) is 25.8 Å². The summed E-state index contributed by atoms with van der Waals surface area (Å²) in [5.41, 5.74) is 1.67. The number of morpholine rings is 1. The van der Waals surface area contributed by atoms with Gasteiger partial charge in [-0.3, -0.25) is 4.79 Å². The van der Waals surface area contributed by atoms with Crippen LogP contribution in [-0.2, 0) is 14.3 Å². The number of ether oxygens (including phenoxy) is 3. The molecule has 1 fully saturated rings. The Kier molecular flexibility index (Phi) is 6.73. The molecular formula is C20H21ClN2O5. The molecule has 0 radical (unpaired) electrons. The lowest BCUT2D eigenvalue weighted by Crippen LogP contribution is -2.37. The lowest BCUT2D eigenvalue weighted by molar-refractivity contribution is -0.118. The molecule has 7 nitrogen and oxygen atoms in total. The average Bonchev–Trinajstić information content (AvgIpc) is 2.73. The van der Waals surface area contributed by atoms with Crippen LogP contribution in [0, 0.1) is 0 Å². The van der Waals surface area contributed by atoms with Crippen LogP contribution >= 0.6 is 11.6 Å². The van der Waals surface area contributed by atoms with E-state index in [2.05, 4.69) is 10.2 Å². The van der Waals surface area contributed by atoms with Gasteiger partial charge >= 0.3 is 5.97 Å². The van der Waals surface area contributed by atoms with Crippen LogP contribution in [0.1, 0.15) is 10.4 Å². The van der Waals surface area contributed by atoms with Gasteiger partial charge in [-0.1, -0.05) is 23.7 Å². The minimum atomic E-state index is -0.476. The van der Waals surface area contributed by atoms with E-state index in [-0.39, 0.29) is 12.5 Å². The molecule has 148 valence electrons. The zero-order valence-electron chi connectivity index (χ0n) is 15.4. The number of benzene rings is 2. The van der Waals surface area contributed by atoms with Gasteiger partial charge in [0.05, 0.1) is 42.3 Å². The average molecular weight is 405 g/mol. The van der Waals surface area contributed by atoms with E-state index in [9.17, 15) is 9.59 Å². The SMILES string of the molecule is COC(=O)c1ccc(N2CCOCC2)c(NC(=O)COc2ccccc2Cl)c1. The maximum Gasteiger partial charge on any atom is 0.337 e. The molecule has 1 amide bonds. The molecule has 1 saturated heterocycles. The number of halogens is 1. The molecule has 1 N–H and O–H groups in total. The third-order valence-corrected chi connectivity index (χ3v) is 4.55. The summed E-state index contributed by atoms with van der Waals surface area (Å²) in [6.45, 7) is 2.37. The summed E-state index contributed by atoms with van der Waals surface area (Å²) in [5.74, 6) is -0.413. The number of nitrogens with one attached hydrogen (secondary N) is 1. The van der Waals surface area contributed by atoms with Crippen molar-refractivity contribution in [1.82, 2.24) is 0 Å². The highest BCUT2D eigenvalue weighted by molar-refractivity contribution is 6.32. The number of para-hydroxylation sites is 1. The summed E-state index contributed by atoms with van der Waals surface area (Å²) < 4.78 is 15.6. The van der Waals surface area contributed by atoms with Gasteiger partial charge in [-0.15, -0.1) is 0 Å². The van der Waals surface area contributed by atoms with Crippen molar-refractivity contribution in [3.8, 4) is 5.75 Å². The molecule has 0 aromatic heterocycles. The first-order valence-electron chi connectivity index (χ1n) is 8.80. The molecule has 1 aliphatic heterocycles.